The second-order valence-corrected chi connectivity index (χ2v) is 15.9. The van der Waals surface area contributed by atoms with E-state index in [0.29, 0.717) is 5.04 Å². The lowest BCUT2D eigenvalue weighted by Crippen LogP contribution is -2.49. The molecule has 1 aromatic rings. The lowest BCUT2D eigenvalue weighted by molar-refractivity contribution is 0.735. The molecule has 0 aliphatic carbocycles. The van der Waals surface area contributed by atoms with Crippen LogP contribution in [0.1, 0.15) is 26.3 Å². The molecule has 2 radical (unpaired) electrons. The Hall–Kier alpha value is -0.346. The largest absolute Gasteiger partial charge is 0.0713 e. The molecule has 0 N–H and O–H groups in total. The Kier molecular flexibility index (Phi) is 3.61. The highest BCUT2D eigenvalue weighted by Gasteiger charge is 2.35. The minimum atomic E-state index is -1.14. The smallest absolute Gasteiger partial charge is 0.0710 e. The molecule has 0 heterocycles. The maximum absolute atomic E-state index is 2.51. The quantitative estimate of drug-likeness (QED) is 0.689. The van der Waals surface area contributed by atoms with Gasteiger partial charge >= 0.3 is 0 Å². The SMILES string of the molecule is Cc1ccc([Si][Si](C)(C)C(C)(C)C)cc1. The van der Waals surface area contributed by atoms with Crippen molar-refractivity contribution in [3.8, 4) is 0 Å². The maximum Gasteiger partial charge on any atom is 0.0713 e. The highest BCUT2D eigenvalue weighted by atomic mass is 29.2. The van der Waals surface area contributed by atoms with E-state index in [-0.39, 0.29) is 0 Å². The van der Waals surface area contributed by atoms with Gasteiger partial charge in [-0.15, -0.1) is 0 Å². The van der Waals surface area contributed by atoms with Crippen LogP contribution < -0.4 is 5.19 Å². The van der Waals surface area contributed by atoms with Crippen LogP contribution >= 0.6 is 0 Å². The third-order valence-electron chi connectivity index (χ3n) is 3.38. The minimum Gasteiger partial charge on any atom is -0.0710 e. The topological polar surface area (TPSA) is 0 Å². The summed E-state index contributed by atoms with van der Waals surface area (Å²) in [6.45, 7) is 14.3. The van der Waals surface area contributed by atoms with Gasteiger partial charge in [0.1, 0.15) is 0 Å². The fourth-order valence-corrected chi connectivity index (χ4v) is 6.41. The Balaban J connectivity index is 2.82. The Labute approximate surface area is 97.7 Å². The van der Waals surface area contributed by atoms with Gasteiger partial charge in [-0.2, -0.15) is 0 Å². The van der Waals surface area contributed by atoms with Crippen LogP contribution in [0.2, 0.25) is 18.1 Å². The molecule has 0 aromatic heterocycles. The van der Waals surface area contributed by atoms with E-state index in [0.717, 1.165) is 9.04 Å². The average molecular weight is 234 g/mol. The number of rotatable bonds is 2. The number of benzene rings is 1. The first kappa shape index (κ1) is 12.7. The molecule has 1 aromatic carbocycles. The van der Waals surface area contributed by atoms with E-state index in [4.69, 9.17) is 0 Å². The first-order valence-corrected chi connectivity index (χ1v) is 10.6. The molecule has 15 heavy (non-hydrogen) atoms. The molecule has 0 fully saturated rings. The van der Waals surface area contributed by atoms with E-state index in [1.54, 1.807) is 0 Å². The van der Waals surface area contributed by atoms with Crippen molar-refractivity contribution in [1.82, 2.24) is 0 Å². The van der Waals surface area contributed by atoms with Gasteiger partial charge in [0.25, 0.3) is 0 Å². The molecule has 0 nitrogen and oxygen atoms in total. The zero-order valence-electron chi connectivity index (χ0n) is 10.8. The molecule has 0 saturated heterocycles. The van der Waals surface area contributed by atoms with Gasteiger partial charge in [-0.3, -0.25) is 0 Å². The maximum atomic E-state index is 2.51. The van der Waals surface area contributed by atoms with E-state index < -0.39 is 7.59 Å². The predicted octanol–water partition coefficient (Wildman–Crippen LogP) is 3.33. The van der Waals surface area contributed by atoms with E-state index in [9.17, 15) is 0 Å². The summed E-state index contributed by atoms with van der Waals surface area (Å²) in [4.78, 5) is 0. The number of aryl methyl sites for hydroxylation is 1. The monoisotopic (exact) mass is 234 g/mol. The Morgan fingerprint density at radius 1 is 1.00 bits per heavy atom. The molecule has 0 amide bonds. The number of hydrogen-bond acceptors (Lipinski definition) is 0. The van der Waals surface area contributed by atoms with Crippen LogP contribution in [0, 0.1) is 6.92 Å². The van der Waals surface area contributed by atoms with Crippen LogP contribution in [-0.2, 0) is 0 Å². The molecule has 2 heteroatoms. The van der Waals surface area contributed by atoms with Crippen LogP contribution in [0.4, 0.5) is 0 Å². The fraction of sp³-hybridized carbons (Fsp3) is 0.538. The molecule has 0 spiro atoms. The second-order valence-electron chi connectivity index (χ2n) is 5.87. The molecule has 0 unspecified atom stereocenters. The molecular weight excluding hydrogens is 212 g/mol. The van der Waals surface area contributed by atoms with Gasteiger partial charge in [-0.1, -0.05) is 68.9 Å². The van der Waals surface area contributed by atoms with E-state index >= 15 is 0 Å². The van der Waals surface area contributed by atoms with Crippen molar-refractivity contribution in [1.29, 1.82) is 0 Å². The zero-order valence-corrected chi connectivity index (χ0v) is 12.8. The summed E-state index contributed by atoms with van der Waals surface area (Å²) >= 11 is 0. The summed E-state index contributed by atoms with van der Waals surface area (Å²) in [5.74, 6) is 0. The standard InChI is InChI=1S/C13H22Si2/c1-11-7-9-12(10-8-11)14-15(5,6)13(2,3)4/h7-10H,1-6H3. The molecule has 1 rings (SSSR count). The lowest BCUT2D eigenvalue weighted by atomic mass is 10.2. The molecule has 0 aliphatic heterocycles. The Morgan fingerprint density at radius 2 is 1.47 bits per heavy atom. The van der Waals surface area contributed by atoms with Gasteiger partial charge in [0.15, 0.2) is 0 Å². The van der Waals surface area contributed by atoms with Crippen molar-refractivity contribution < 1.29 is 0 Å². The summed E-state index contributed by atoms with van der Waals surface area (Å²) < 4.78 is 0. The zero-order chi connectivity index (χ0) is 11.7. The highest BCUT2D eigenvalue weighted by Crippen LogP contribution is 2.34. The Morgan fingerprint density at radius 3 is 1.87 bits per heavy atom. The summed E-state index contributed by atoms with van der Waals surface area (Å²) in [5, 5.41) is 2.03. The molecule has 82 valence electrons. The lowest BCUT2D eigenvalue weighted by Gasteiger charge is -2.36. The van der Waals surface area contributed by atoms with Crippen molar-refractivity contribution in [2.45, 2.75) is 45.8 Å². The predicted molar refractivity (Wildman–Crippen MR) is 73.8 cm³/mol. The fourth-order valence-electron chi connectivity index (χ4n) is 1.19. The van der Waals surface area contributed by atoms with Crippen LogP contribution in [0.15, 0.2) is 24.3 Å². The highest BCUT2D eigenvalue weighted by molar-refractivity contribution is 7.29. The Bertz CT molecular complexity index is 317. The van der Waals surface area contributed by atoms with Crippen molar-refractivity contribution in [3.63, 3.8) is 0 Å². The van der Waals surface area contributed by atoms with Crippen LogP contribution in [0.3, 0.4) is 0 Å². The van der Waals surface area contributed by atoms with Gasteiger partial charge in [0.2, 0.25) is 0 Å². The van der Waals surface area contributed by atoms with Gasteiger partial charge < -0.3 is 0 Å². The van der Waals surface area contributed by atoms with E-state index in [2.05, 4.69) is 65.1 Å². The molecule has 0 bridgehead atoms. The van der Waals surface area contributed by atoms with E-state index in [1.165, 1.54) is 10.8 Å². The van der Waals surface area contributed by atoms with Crippen molar-refractivity contribution in [2.75, 3.05) is 0 Å². The molecule has 0 saturated carbocycles. The number of hydrogen-bond donors (Lipinski definition) is 0. The first-order chi connectivity index (χ1) is 6.72. The molecule has 0 atom stereocenters. The summed E-state index contributed by atoms with van der Waals surface area (Å²) in [6.07, 6.45) is 0. The minimum absolute atomic E-state index is 0.496. The van der Waals surface area contributed by atoms with E-state index in [1.807, 2.05) is 0 Å². The van der Waals surface area contributed by atoms with Crippen molar-refractivity contribution >= 4 is 21.8 Å². The normalized spacial score (nSPS) is 12.9. The molecular formula is C13H22Si2. The third-order valence-corrected chi connectivity index (χ3v) is 13.4. The van der Waals surface area contributed by atoms with Crippen LogP contribution in [0.25, 0.3) is 0 Å². The average Bonchev–Trinajstić information content (AvgIpc) is 2.06. The van der Waals surface area contributed by atoms with Crippen LogP contribution in [0.5, 0.6) is 0 Å². The summed E-state index contributed by atoms with van der Waals surface area (Å²) in [6, 6.07) is 9.06. The summed E-state index contributed by atoms with van der Waals surface area (Å²) in [7, 11) is -0.118. The van der Waals surface area contributed by atoms with Gasteiger partial charge in [0, 0.05) is 7.59 Å². The van der Waals surface area contributed by atoms with Gasteiger partial charge in [-0.25, -0.2) is 0 Å². The van der Waals surface area contributed by atoms with Gasteiger partial charge in [0.05, 0.1) is 9.04 Å². The first-order valence-electron chi connectivity index (χ1n) is 5.57. The van der Waals surface area contributed by atoms with Gasteiger partial charge in [-0.05, 0) is 12.0 Å². The van der Waals surface area contributed by atoms with Crippen molar-refractivity contribution in [2.24, 2.45) is 0 Å². The molecule has 0 aliphatic rings. The summed E-state index contributed by atoms with van der Waals surface area (Å²) in [5.41, 5.74) is 1.36. The van der Waals surface area contributed by atoms with Crippen LogP contribution in [-0.4, -0.2) is 16.6 Å². The van der Waals surface area contributed by atoms with Crippen molar-refractivity contribution in [3.05, 3.63) is 29.8 Å². The third kappa shape index (κ3) is 3.31. The second kappa shape index (κ2) is 4.26.